The summed E-state index contributed by atoms with van der Waals surface area (Å²) in [5.41, 5.74) is 0. The quantitative estimate of drug-likeness (QED) is 0.765. The monoisotopic (exact) mass is 252 g/mol. The maximum atomic E-state index is 13.1. The lowest BCUT2D eigenvalue weighted by molar-refractivity contribution is 0.236. The highest BCUT2D eigenvalue weighted by atomic mass is 19.1. The van der Waals surface area contributed by atoms with E-state index in [1.165, 1.54) is 12.7 Å². The first-order valence-electron chi connectivity index (χ1n) is 5.73. The lowest BCUT2D eigenvalue weighted by Gasteiger charge is -2.02. The molecule has 0 atom stereocenters. The van der Waals surface area contributed by atoms with Crippen molar-refractivity contribution in [2.24, 2.45) is 0 Å². The molecular weight excluding hydrogens is 239 g/mol. The van der Waals surface area contributed by atoms with Gasteiger partial charge in [0.2, 0.25) is 0 Å². The molecule has 2 rings (SSSR count). The van der Waals surface area contributed by atoms with Gasteiger partial charge in [-0.15, -0.1) is 5.10 Å². The predicted octanol–water partition coefficient (Wildman–Crippen LogP) is 1.26. The molecule has 0 spiro atoms. The third-order valence-corrected chi connectivity index (χ3v) is 2.45. The van der Waals surface area contributed by atoms with Crippen molar-refractivity contribution in [1.82, 2.24) is 29.5 Å². The van der Waals surface area contributed by atoms with E-state index in [1.54, 1.807) is 0 Å². The molecule has 0 aliphatic rings. The Morgan fingerprint density at radius 1 is 1.44 bits per heavy atom. The van der Waals surface area contributed by atoms with Crippen LogP contribution in [0.4, 0.5) is 9.18 Å². The minimum atomic E-state index is -0.907. The number of rotatable bonds is 4. The van der Waals surface area contributed by atoms with Gasteiger partial charge >= 0.3 is 12.1 Å². The van der Waals surface area contributed by atoms with E-state index in [9.17, 15) is 9.18 Å². The van der Waals surface area contributed by atoms with Crippen LogP contribution in [0.3, 0.4) is 0 Å². The van der Waals surface area contributed by atoms with Crippen LogP contribution in [0.1, 0.15) is 32.0 Å². The summed E-state index contributed by atoms with van der Waals surface area (Å²) >= 11 is 0. The molecule has 0 aliphatic heterocycles. The maximum Gasteiger partial charge on any atom is 0.372 e. The van der Waals surface area contributed by atoms with Gasteiger partial charge in [-0.3, -0.25) is 0 Å². The Morgan fingerprint density at radius 3 is 2.94 bits per heavy atom. The second-order valence-corrected chi connectivity index (χ2v) is 3.79. The van der Waals surface area contributed by atoms with Crippen LogP contribution in [-0.4, -0.2) is 35.6 Å². The van der Waals surface area contributed by atoms with Crippen molar-refractivity contribution in [1.29, 1.82) is 0 Å². The van der Waals surface area contributed by atoms with E-state index >= 15 is 0 Å². The Kier molecular flexibility index (Phi) is 3.75. The number of hydrogen-bond acceptors (Lipinski definition) is 5. The molecule has 7 nitrogen and oxygen atoms in total. The molecule has 2 aromatic heterocycles. The van der Waals surface area contributed by atoms with Gasteiger partial charge in [-0.1, -0.05) is 19.8 Å². The van der Waals surface area contributed by atoms with Crippen LogP contribution in [0.5, 0.6) is 0 Å². The molecule has 0 saturated carbocycles. The molecule has 0 saturated heterocycles. The number of hydrogen-bond donors (Lipinski definition) is 0. The molecule has 0 bridgehead atoms. The van der Waals surface area contributed by atoms with Gasteiger partial charge in [-0.05, 0) is 6.42 Å². The van der Waals surface area contributed by atoms with Gasteiger partial charge < -0.3 is 0 Å². The summed E-state index contributed by atoms with van der Waals surface area (Å²) in [6.07, 6.45) is 4.92. The van der Waals surface area contributed by atoms with Gasteiger partial charge in [-0.2, -0.15) is 23.8 Å². The molecule has 0 unspecified atom stereocenters. The fourth-order valence-corrected chi connectivity index (χ4v) is 1.57. The molecule has 0 aromatic carbocycles. The Hall–Kier alpha value is -2.12. The molecule has 2 aromatic rings. The van der Waals surface area contributed by atoms with Crippen LogP contribution < -0.4 is 0 Å². The lowest BCUT2D eigenvalue weighted by Crippen LogP contribution is -2.23. The summed E-state index contributed by atoms with van der Waals surface area (Å²) in [7, 11) is 0. The molecule has 0 N–H and O–H groups in total. The molecule has 18 heavy (non-hydrogen) atoms. The van der Waals surface area contributed by atoms with E-state index < -0.39 is 12.1 Å². The summed E-state index contributed by atoms with van der Waals surface area (Å²) in [5, 5.41) is 7.13. The zero-order valence-corrected chi connectivity index (χ0v) is 9.95. The zero-order valence-electron chi connectivity index (χ0n) is 9.95. The lowest BCUT2D eigenvalue weighted by atomic mass is 10.2. The van der Waals surface area contributed by atoms with Crippen LogP contribution in [0.15, 0.2) is 12.7 Å². The summed E-state index contributed by atoms with van der Waals surface area (Å²) in [6.45, 7) is 2.06. The minimum absolute atomic E-state index is 0.307. The van der Waals surface area contributed by atoms with E-state index in [1.807, 2.05) is 0 Å². The number of halogens is 1. The van der Waals surface area contributed by atoms with Crippen LogP contribution in [0.2, 0.25) is 0 Å². The average molecular weight is 252 g/mol. The van der Waals surface area contributed by atoms with Crippen LogP contribution in [-0.2, 0) is 6.42 Å². The third-order valence-electron chi connectivity index (χ3n) is 2.45. The fourth-order valence-electron chi connectivity index (χ4n) is 1.57. The highest BCUT2D eigenvalue weighted by molar-refractivity contribution is 5.77. The normalized spacial score (nSPS) is 10.8. The fraction of sp³-hybridized carbons (Fsp3) is 0.500. The number of aromatic nitrogens is 6. The van der Waals surface area contributed by atoms with Crippen molar-refractivity contribution in [2.45, 2.75) is 32.6 Å². The maximum absolute atomic E-state index is 13.1. The van der Waals surface area contributed by atoms with E-state index in [-0.39, 0.29) is 0 Å². The van der Waals surface area contributed by atoms with Crippen molar-refractivity contribution < 1.29 is 9.18 Å². The third kappa shape index (κ3) is 2.58. The van der Waals surface area contributed by atoms with Crippen LogP contribution in [0.25, 0.3) is 0 Å². The highest BCUT2D eigenvalue weighted by Crippen LogP contribution is 2.05. The van der Waals surface area contributed by atoms with Gasteiger partial charge in [0, 0.05) is 6.42 Å². The van der Waals surface area contributed by atoms with Crippen LogP contribution >= 0.6 is 0 Å². The van der Waals surface area contributed by atoms with Crippen molar-refractivity contribution in [3.8, 4) is 0 Å². The molecule has 0 fully saturated rings. The number of nitrogens with zero attached hydrogens (tertiary/aromatic N) is 6. The standard InChI is InChI=1S/C10H13FN6O/c1-2-3-4-5-8-14-9(11)15-17(8)10(18)16-7-12-6-13-16/h6-7H,2-5H2,1H3. The van der Waals surface area contributed by atoms with Crippen LogP contribution in [0, 0.1) is 6.08 Å². The SMILES string of the molecule is CCCCCc1nc(F)nn1C(=O)n1cncn1. The second-order valence-electron chi connectivity index (χ2n) is 3.79. The summed E-state index contributed by atoms with van der Waals surface area (Å²) in [5.74, 6) is 0.307. The molecule has 0 amide bonds. The smallest absolute Gasteiger partial charge is 0.243 e. The van der Waals surface area contributed by atoms with Gasteiger partial charge in [0.1, 0.15) is 18.5 Å². The first kappa shape index (κ1) is 12.3. The predicted molar refractivity (Wildman–Crippen MR) is 59.4 cm³/mol. The Labute approximate surface area is 103 Å². The number of unbranched alkanes of at least 4 members (excludes halogenated alkanes) is 2. The average Bonchev–Trinajstić information content (AvgIpc) is 2.98. The van der Waals surface area contributed by atoms with E-state index in [2.05, 4.69) is 27.1 Å². The van der Waals surface area contributed by atoms with E-state index in [4.69, 9.17) is 0 Å². The topological polar surface area (TPSA) is 78.5 Å². The molecule has 0 radical (unpaired) electrons. The first-order valence-corrected chi connectivity index (χ1v) is 5.73. The molecule has 8 heteroatoms. The van der Waals surface area contributed by atoms with Crippen molar-refractivity contribution in [3.63, 3.8) is 0 Å². The van der Waals surface area contributed by atoms with Gasteiger partial charge in [0.25, 0.3) is 0 Å². The zero-order chi connectivity index (χ0) is 13.0. The second kappa shape index (κ2) is 5.48. The minimum Gasteiger partial charge on any atom is -0.243 e. The highest BCUT2D eigenvalue weighted by Gasteiger charge is 2.17. The van der Waals surface area contributed by atoms with Crippen molar-refractivity contribution >= 4 is 6.03 Å². The summed E-state index contributed by atoms with van der Waals surface area (Å²) < 4.78 is 15.0. The summed E-state index contributed by atoms with van der Waals surface area (Å²) in [4.78, 5) is 19.2. The largest absolute Gasteiger partial charge is 0.372 e. The molecular formula is C10H13FN6O. The van der Waals surface area contributed by atoms with Crippen molar-refractivity contribution in [2.75, 3.05) is 0 Å². The Bertz CT molecular complexity index is 520. The number of carbonyl (C=O) groups is 1. The molecule has 0 aliphatic carbocycles. The van der Waals surface area contributed by atoms with E-state index in [0.717, 1.165) is 28.6 Å². The Balaban J connectivity index is 2.19. The molecule has 2 heterocycles. The van der Waals surface area contributed by atoms with E-state index in [0.29, 0.717) is 12.2 Å². The molecule has 96 valence electrons. The number of carbonyl (C=O) groups excluding carboxylic acids is 1. The van der Waals surface area contributed by atoms with Crippen molar-refractivity contribution in [3.05, 3.63) is 24.6 Å². The summed E-state index contributed by atoms with van der Waals surface area (Å²) in [6, 6.07) is -0.588. The van der Waals surface area contributed by atoms with Gasteiger partial charge in [0.05, 0.1) is 0 Å². The number of aryl methyl sites for hydroxylation is 1. The Morgan fingerprint density at radius 2 is 2.28 bits per heavy atom. The first-order chi connectivity index (χ1) is 8.72. The van der Waals surface area contributed by atoms with Gasteiger partial charge in [0.15, 0.2) is 0 Å². The van der Waals surface area contributed by atoms with Gasteiger partial charge in [-0.25, -0.2) is 9.78 Å².